The van der Waals surface area contributed by atoms with Gasteiger partial charge in [0.05, 0.1) is 6.10 Å². The molecule has 3 aliphatic rings. The minimum Gasteiger partial charge on any atom is -0.378 e. The highest BCUT2D eigenvalue weighted by Crippen LogP contribution is 2.26. The predicted molar refractivity (Wildman–Crippen MR) is 92.4 cm³/mol. The SMILES string of the molecule is CC[C@@H]1C[C@H](C(=O)N[C@H]2CCCN(C3CCCCC3)C2)CCO1. The van der Waals surface area contributed by atoms with Crippen LogP contribution < -0.4 is 5.32 Å². The largest absolute Gasteiger partial charge is 0.378 e. The first kappa shape index (κ1) is 17.2. The second-order valence-electron chi connectivity index (χ2n) is 7.76. The zero-order valence-electron chi connectivity index (χ0n) is 14.8. The number of likely N-dealkylation sites (tertiary alicyclic amines) is 1. The van der Waals surface area contributed by atoms with Gasteiger partial charge in [0.25, 0.3) is 0 Å². The van der Waals surface area contributed by atoms with E-state index < -0.39 is 0 Å². The van der Waals surface area contributed by atoms with Gasteiger partial charge in [0.15, 0.2) is 0 Å². The van der Waals surface area contributed by atoms with Crippen LogP contribution in [0.2, 0.25) is 0 Å². The molecule has 0 unspecified atom stereocenters. The molecule has 0 aromatic rings. The van der Waals surface area contributed by atoms with Gasteiger partial charge in [-0.25, -0.2) is 0 Å². The van der Waals surface area contributed by atoms with E-state index in [4.69, 9.17) is 4.74 Å². The molecule has 1 aliphatic carbocycles. The fourth-order valence-corrected chi connectivity index (χ4v) is 4.62. The highest BCUT2D eigenvalue weighted by molar-refractivity contribution is 5.79. The van der Waals surface area contributed by atoms with Crippen molar-refractivity contribution in [1.82, 2.24) is 10.2 Å². The first-order chi connectivity index (χ1) is 11.3. The Labute approximate surface area is 141 Å². The molecule has 0 aromatic carbocycles. The van der Waals surface area contributed by atoms with Gasteiger partial charge in [0, 0.05) is 31.2 Å². The normalized spacial score (nSPS) is 34.2. The van der Waals surface area contributed by atoms with Gasteiger partial charge in [-0.1, -0.05) is 26.2 Å². The van der Waals surface area contributed by atoms with Crippen LogP contribution in [0.5, 0.6) is 0 Å². The van der Waals surface area contributed by atoms with Crippen LogP contribution in [-0.4, -0.2) is 48.7 Å². The lowest BCUT2D eigenvalue weighted by atomic mass is 9.91. The molecule has 132 valence electrons. The summed E-state index contributed by atoms with van der Waals surface area (Å²) in [6.07, 6.45) is 12.4. The third-order valence-corrected chi connectivity index (χ3v) is 6.08. The van der Waals surface area contributed by atoms with Gasteiger partial charge in [-0.05, 0) is 51.5 Å². The Hall–Kier alpha value is -0.610. The standard InChI is InChI=1S/C19H34N2O2/c1-2-18-13-15(10-12-23-18)19(22)20-16-7-6-11-21(14-16)17-8-4-3-5-9-17/h15-18H,2-14H2,1H3,(H,20,22)/t15-,16+,18-/m1/s1. The quantitative estimate of drug-likeness (QED) is 0.865. The molecule has 3 rings (SSSR count). The molecule has 2 heterocycles. The first-order valence-electron chi connectivity index (χ1n) is 9.92. The van der Waals surface area contributed by atoms with Crippen molar-refractivity contribution in [2.45, 2.75) is 89.3 Å². The number of hydrogen-bond donors (Lipinski definition) is 1. The Morgan fingerprint density at radius 1 is 1.13 bits per heavy atom. The molecule has 1 amide bonds. The number of rotatable bonds is 4. The molecule has 0 radical (unpaired) electrons. The molecule has 3 fully saturated rings. The van der Waals surface area contributed by atoms with Crippen LogP contribution in [0.4, 0.5) is 0 Å². The summed E-state index contributed by atoms with van der Waals surface area (Å²) in [6, 6.07) is 1.14. The van der Waals surface area contributed by atoms with E-state index in [2.05, 4.69) is 17.1 Å². The van der Waals surface area contributed by atoms with Crippen molar-refractivity contribution in [3.05, 3.63) is 0 Å². The third kappa shape index (κ3) is 4.69. The van der Waals surface area contributed by atoms with E-state index in [1.54, 1.807) is 0 Å². The van der Waals surface area contributed by atoms with E-state index in [9.17, 15) is 4.79 Å². The Bertz CT molecular complexity index is 382. The van der Waals surface area contributed by atoms with Crippen molar-refractivity contribution in [2.75, 3.05) is 19.7 Å². The maximum Gasteiger partial charge on any atom is 0.223 e. The summed E-state index contributed by atoms with van der Waals surface area (Å²) in [5, 5.41) is 3.37. The number of ether oxygens (including phenoxy) is 1. The second-order valence-corrected chi connectivity index (χ2v) is 7.76. The molecule has 2 saturated heterocycles. The average Bonchev–Trinajstić information content (AvgIpc) is 2.63. The van der Waals surface area contributed by atoms with Crippen molar-refractivity contribution in [3.8, 4) is 0 Å². The number of carbonyl (C=O) groups is 1. The maximum atomic E-state index is 12.6. The molecule has 3 atom stereocenters. The summed E-state index contributed by atoms with van der Waals surface area (Å²) in [5.41, 5.74) is 0. The Balaban J connectivity index is 1.47. The Morgan fingerprint density at radius 2 is 1.96 bits per heavy atom. The fraction of sp³-hybridized carbons (Fsp3) is 0.947. The minimum absolute atomic E-state index is 0.166. The average molecular weight is 322 g/mol. The molecular formula is C19H34N2O2. The van der Waals surface area contributed by atoms with Crippen molar-refractivity contribution < 1.29 is 9.53 Å². The van der Waals surface area contributed by atoms with Gasteiger partial charge in [-0.2, -0.15) is 0 Å². The summed E-state index contributed by atoms with van der Waals surface area (Å²) in [7, 11) is 0. The Morgan fingerprint density at radius 3 is 2.74 bits per heavy atom. The molecule has 0 spiro atoms. The summed E-state index contributed by atoms with van der Waals surface area (Å²) in [6.45, 7) is 5.19. The van der Waals surface area contributed by atoms with Crippen molar-refractivity contribution in [3.63, 3.8) is 0 Å². The number of nitrogens with zero attached hydrogens (tertiary/aromatic N) is 1. The van der Waals surface area contributed by atoms with Crippen LogP contribution in [0.3, 0.4) is 0 Å². The van der Waals surface area contributed by atoms with Crippen molar-refractivity contribution >= 4 is 5.91 Å². The van der Waals surface area contributed by atoms with E-state index in [1.165, 1.54) is 45.1 Å². The smallest absolute Gasteiger partial charge is 0.223 e. The van der Waals surface area contributed by atoms with E-state index in [1.807, 2.05) is 0 Å². The molecule has 1 N–H and O–H groups in total. The van der Waals surface area contributed by atoms with Crippen LogP contribution in [-0.2, 0) is 9.53 Å². The summed E-state index contributed by atoms with van der Waals surface area (Å²) in [5.74, 6) is 0.445. The zero-order valence-corrected chi connectivity index (χ0v) is 14.8. The van der Waals surface area contributed by atoms with E-state index >= 15 is 0 Å². The van der Waals surface area contributed by atoms with E-state index in [0.29, 0.717) is 6.04 Å². The molecule has 0 aromatic heterocycles. The molecule has 4 nitrogen and oxygen atoms in total. The number of hydrogen-bond acceptors (Lipinski definition) is 3. The molecular weight excluding hydrogens is 288 g/mol. The summed E-state index contributed by atoms with van der Waals surface area (Å²) < 4.78 is 5.71. The highest BCUT2D eigenvalue weighted by Gasteiger charge is 2.31. The summed E-state index contributed by atoms with van der Waals surface area (Å²) >= 11 is 0. The maximum absolute atomic E-state index is 12.6. The van der Waals surface area contributed by atoms with Gasteiger partial charge in [0.2, 0.25) is 5.91 Å². The van der Waals surface area contributed by atoms with Gasteiger partial charge < -0.3 is 10.1 Å². The highest BCUT2D eigenvalue weighted by atomic mass is 16.5. The van der Waals surface area contributed by atoms with Crippen molar-refractivity contribution in [2.24, 2.45) is 5.92 Å². The second kappa shape index (κ2) is 8.48. The van der Waals surface area contributed by atoms with Gasteiger partial charge in [-0.3, -0.25) is 9.69 Å². The molecule has 2 aliphatic heterocycles. The predicted octanol–water partition coefficient (Wildman–Crippen LogP) is 3.10. The molecule has 1 saturated carbocycles. The molecule has 23 heavy (non-hydrogen) atoms. The number of carbonyl (C=O) groups excluding carboxylic acids is 1. The number of piperidine rings is 1. The van der Waals surface area contributed by atoms with Crippen LogP contribution in [0.25, 0.3) is 0 Å². The van der Waals surface area contributed by atoms with Crippen LogP contribution in [0.15, 0.2) is 0 Å². The first-order valence-corrected chi connectivity index (χ1v) is 9.92. The van der Waals surface area contributed by atoms with Crippen LogP contribution in [0.1, 0.15) is 71.1 Å². The number of amides is 1. The van der Waals surface area contributed by atoms with E-state index in [0.717, 1.165) is 44.9 Å². The topological polar surface area (TPSA) is 41.6 Å². The van der Waals surface area contributed by atoms with Gasteiger partial charge >= 0.3 is 0 Å². The van der Waals surface area contributed by atoms with Crippen LogP contribution in [0, 0.1) is 5.92 Å². The lowest BCUT2D eigenvalue weighted by Crippen LogP contribution is -2.52. The lowest BCUT2D eigenvalue weighted by Gasteiger charge is -2.40. The number of nitrogens with one attached hydrogen (secondary N) is 1. The lowest BCUT2D eigenvalue weighted by molar-refractivity contribution is -0.131. The van der Waals surface area contributed by atoms with Crippen molar-refractivity contribution in [1.29, 1.82) is 0 Å². The minimum atomic E-state index is 0.166. The van der Waals surface area contributed by atoms with Crippen LogP contribution >= 0.6 is 0 Å². The van der Waals surface area contributed by atoms with E-state index in [-0.39, 0.29) is 17.9 Å². The monoisotopic (exact) mass is 322 g/mol. The zero-order chi connectivity index (χ0) is 16.1. The third-order valence-electron chi connectivity index (χ3n) is 6.08. The summed E-state index contributed by atoms with van der Waals surface area (Å²) in [4.78, 5) is 15.3. The Kier molecular flexibility index (Phi) is 6.35. The molecule has 0 bridgehead atoms. The molecule has 4 heteroatoms. The van der Waals surface area contributed by atoms with Gasteiger partial charge in [0.1, 0.15) is 0 Å². The van der Waals surface area contributed by atoms with Gasteiger partial charge in [-0.15, -0.1) is 0 Å². The fourth-order valence-electron chi connectivity index (χ4n) is 4.62.